The van der Waals surface area contributed by atoms with E-state index < -0.39 is 0 Å². The van der Waals surface area contributed by atoms with Gasteiger partial charge in [0, 0.05) is 24.5 Å². The molecule has 7 heteroatoms. The molecule has 0 bridgehead atoms. The molecule has 1 saturated heterocycles. The van der Waals surface area contributed by atoms with Crippen LogP contribution in [0, 0.1) is 6.92 Å². The van der Waals surface area contributed by atoms with Gasteiger partial charge in [0.15, 0.2) is 5.82 Å². The maximum Gasteiger partial charge on any atom is 0.205 e. The molecule has 2 aromatic rings. The predicted octanol–water partition coefficient (Wildman–Crippen LogP) is 2.26. The van der Waals surface area contributed by atoms with Crippen LogP contribution >= 0.6 is 11.5 Å². The fourth-order valence-corrected chi connectivity index (χ4v) is 3.27. The normalized spacial score (nSPS) is 19.9. The Hall–Kier alpha value is -1.50. The maximum atomic E-state index is 4.60. The molecule has 6 nitrogen and oxygen atoms in total. The van der Waals surface area contributed by atoms with Crippen molar-refractivity contribution in [2.24, 2.45) is 0 Å². The lowest BCUT2D eigenvalue weighted by atomic mass is 10.0. The molecule has 0 aliphatic carbocycles. The van der Waals surface area contributed by atoms with E-state index in [0.717, 1.165) is 42.0 Å². The number of hydrogen-bond donors (Lipinski definition) is 1. The first-order chi connectivity index (χ1) is 9.28. The van der Waals surface area contributed by atoms with Gasteiger partial charge in [-0.25, -0.2) is 9.97 Å². The molecule has 1 unspecified atom stereocenters. The van der Waals surface area contributed by atoms with Gasteiger partial charge in [-0.1, -0.05) is 6.92 Å². The molecule has 1 aliphatic heterocycles. The van der Waals surface area contributed by atoms with Crippen LogP contribution in [0.2, 0.25) is 0 Å². The molecule has 0 saturated carbocycles. The van der Waals surface area contributed by atoms with Crippen molar-refractivity contribution in [2.75, 3.05) is 11.4 Å². The first-order valence-electron chi connectivity index (χ1n) is 6.76. The number of anilines is 1. The predicted molar refractivity (Wildman–Crippen MR) is 74.3 cm³/mol. The Balaban J connectivity index is 1.88. The zero-order valence-corrected chi connectivity index (χ0v) is 12.1. The Morgan fingerprint density at radius 1 is 1.37 bits per heavy atom. The number of nitrogens with one attached hydrogen (secondary N) is 1. The first kappa shape index (κ1) is 12.5. The molecule has 1 aliphatic rings. The maximum absolute atomic E-state index is 4.60. The summed E-state index contributed by atoms with van der Waals surface area (Å²) < 4.78 is 4.38. The molecule has 1 fully saturated rings. The van der Waals surface area contributed by atoms with Crippen LogP contribution in [0.1, 0.15) is 49.7 Å². The van der Waals surface area contributed by atoms with Crippen LogP contribution in [-0.2, 0) is 6.42 Å². The number of rotatable bonds is 3. The molecular formula is C12H18N6S. The van der Waals surface area contributed by atoms with Crippen molar-refractivity contribution in [3.05, 3.63) is 17.5 Å². The van der Waals surface area contributed by atoms with E-state index in [-0.39, 0.29) is 6.04 Å². The van der Waals surface area contributed by atoms with E-state index in [1.54, 1.807) is 0 Å². The summed E-state index contributed by atoms with van der Waals surface area (Å²) >= 11 is 1.48. The topological polar surface area (TPSA) is 70.6 Å². The van der Waals surface area contributed by atoms with E-state index in [4.69, 9.17) is 0 Å². The van der Waals surface area contributed by atoms with E-state index in [0.29, 0.717) is 0 Å². The van der Waals surface area contributed by atoms with Crippen molar-refractivity contribution in [1.29, 1.82) is 0 Å². The largest absolute Gasteiger partial charge is 0.337 e. The molecule has 2 aromatic heterocycles. The lowest BCUT2D eigenvalue weighted by molar-refractivity contribution is 0.456. The van der Waals surface area contributed by atoms with Crippen LogP contribution in [0.4, 0.5) is 5.13 Å². The Labute approximate surface area is 116 Å². The van der Waals surface area contributed by atoms with Crippen molar-refractivity contribution >= 4 is 16.7 Å². The molecule has 102 valence electrons. The molecule has 0 amide bonds. The number of piperidine rings is 1. The minimum absolute atomic E-state index is 0.233. The minimum Gasteiger partial charge on any atom is -0.337 e. The monoisotopic (exact) mass is 278 g/mol. The summed E-state index contributed by atoms with van der Waals surface area (Å²) in [5.74, 6) is 2.67. The molecule has 1 atom stereocenters. The summed E-state index contributed by atoms with van der Waals surface area (Å²) in [6.45, 7) is 5.03. The highest BCUT2D eigenvalue weighted by Gasteiger charge is 2.29. The van der Waals surface area contributed by atoms with Crippen molar-refractivity contribution in [3.8, 4) is 0 Å². The van der Waals surface area contributed by atoms with Gasteiger partial charge in [-0.2, -0.15) is 9.47 Å². The van der Waals surface area contributed by atoms with Gasteiger partial charge < -0.3 is 4.90 Å². The van der Waals surface area contributed by atoms with Crippen molar-refractivity contribution < 1.29 is 0 Å². The minimum atomic E-state index is 0.233. The third kappa shape index (κ3) is 2.47. The third-order valence-electron chi connectivity index (χ3n) is 3.43. The van der Waals surface area contributed by atoms with Crippen LogP contribution in [0.3, 0.4) is 0 Å². The van der Waals surface area contributed by atoms with Crippen molar-refractivity contribution in [3.63, 3.8) is 0 Å². The van der Waals surface area contributed by atoms with Gasteiger partial charge in [-0.15, -0.1) is 0 Å². The van der Waals surface area contributed by atoms with Crippen molar-refractivity contribution in [1.82, 2.24) is 24.5 Å². The second kappa shape index (κ2) is 5.24. The number of aromatic amines is 1. The van der Waals surface area contributed by atoms with Gasteiger partial charge in [-0.05, 0) is 26.2 Å². The average Bonchev–Trinajstić information content (AvgIpc) is 3.07. The summed E-state index contributed by atoms with van der Waals surface area (Å²) in [6, 6.07) is 0.233. The SMILES string of the molecule is CCc1nsc(N2CCCCC2c2n[nH]c(C)n2)n1. The average molecular weight is 278 g/mol. The molecule has 0 radical (unpaired) electrons. The standard InChI is InChI=1S/C12H18N6S/c1-3-10-14-12(19-17-10)18-7-5-4-6-9(18)11-13-8(2)15-16-11/h9H,3-7H2,1-2H3,(H,13,15,16). The first-order valence-corrected chi connectivity index (χ1v) is 7.53. The Morgan fingerprint density at radius 2 is 2.26 bits per heavy atom. The number of hydrogen-bond acceptors (Lipinski definition) is 6. The van der Waals surface area contributed by atoms with Gasteiger partial charge in [0.05, 0.1) is 6.04 Å². The van der Waals surface area contributed by atoms with E-state index in [1.807, 2.05) is 6.92 Å². The van der Waals surface area contributed by atoms with Gasteiger partial charge in [-0.3, -0.25) is 5.10 Å². The van der Waals surface area contributed by atoms with Gasteiger partial charge in [0.1, 0.15) is 11.6 Å². The fraction of sp³-hybridized carbons (Fsp3) is 0.667. The Kier molecular flexibility index (Phi) is 3.46. The van der Waals surface area contributed by atoms with Crippen LogP contribution in [0.25, 0.3) is 0 Å². The Bertz CT molecular complexity index is 548. The van der Waals surface area contributed by atoms with Gasteiger partial charge >= 0.3 is 0 Å². The smallest absolute Gasteiger partial charge is 0.205 e. The zero-order chi connectivity index (χ0) is 13.2. The van der Waals surface area contributed by atoms with E-state index in [2.05, 4.69) is 36.4 Å². The third-order valence-corrected chi connectivity index (χ3v) is 4.23. The molecule has 1 N–H and O–H groups in total. The van der Waals surface area contributed by atoms with Gasteiger partial charge in [0.25, 0.3) is 0 Å². The summed E-state index contributed by atoms with van der Waals surface area (Å²) in [5, 5.41) is 8.26. The van der Waals surface area contributed by atoms with Crippen LogP contribution < -0.4 is 4.90 Å². The van der Waals surface area contributed by atoms with E-state index in [9.17, 15) is 0 Å². The Morgan fingerprint density at radius 3 is 2.95 bits per heavy atom. The van der Waals surface area contributed by atoms with Crippen molar-refractivity contribution in [2.45, 2.75) is 45.6 Å². The zero-order valence-electron chi connectivity index (χ0n) is 11.3. The van der Waals surface area contributed by atoms with E-state index in [1.165, 1.54) is 24.4 Å². The lowest BCUT2D eigenvalue weighted by Crippen LogP contribution is -2.34. The second-order valence-corrected chi connectivity index (χ2v) is 5.56. The molecule has 3 rings (SSSR count). The molecule has 0 spiro atoms. The number of aromatic nitrogens is 5. The fourth-order valence-electron chi connectivity index (χ4n) is 2.44. The summed E-state index contributed by atoms with van der Waals surface area (Å²) in [6.07, 6.45) is 4.38. The molecule has 19 heavy (non-hydrogen) atoms. The summed E-state index contributed by atoms with van der Waals surface area (Å²) in [4.78, 5) is 11.4. The molecular weight excluding hydrogens is 260 g/mol. The quantitative estimate of drug-likeness (QED) is 0.932. The van der Waals surface area contributed by atoms with Crippen LogP contribution in [0.15, 0.2) is 0 Å². The second-order valence-electron chi connectivity index (χ2n) is 4.83. The highest BCUT2D eigenvalue weighted by molar-refractivity contribution is 7.09. The number of nitrogens with zero attached hydrogens (tertiary/aromatic N) is 5. The lowest BCUT2D eigenvalue weighted by Gasteiger charge is -2.33. The summed E-state index contributed by atoms with van der Waals surface area (Å²) in [5.41, 5.74) is 0. The van der Waals surface area contributed by atoms with Gasteiger partial charge in [0.2, 0.25) is 5.13 Å². The highest BCUT2D eigenvalue weighted by atomic mass is 32.1. The van der Waals surface area contributed by atoms with Crippen LogP contribution in [-0.4, -0.2) is 31.1 Å². The van der Waals surface area contributed by atoms with E-state index >= 15 is 0 Å². The molecule has 3 heterocycles. The number of aryl methyl sites for hydroxylation is 2. The highest BCUT2D eigenvalue weighted by Crippen LogP contribution is 2.34. The number of H-pyrrole nitrogens is 1. The molecule has 0 aromatic carbocycles. The summed E-state index contributed by atoms with van der Waals surface area (Å²) in [7, 11) is 0. The van der Waals surface area contributed by atoms with Crippen LogP contribution in [0.5, 0.6) is 0 Å².